The van der Waals surface area contributed by atoms with Gasteiger partial charge in [-0.15, -0.1) is 0 Å². The molecule has 0 aromatic carbocycles. The summed E-state index contributed by atoms with van der Waals surface area (Å²) < 4.78 is 22.0. The maximum atomic E-state index is 11.5. The van der Waals surface area contributed by atoms with Crippen molar-refractivity contribution in [2.75, 3.05) is 18.6 Å². The van der Waals surface area contributed by atoms with Crippen molar-refractivity contribution in [3.63, 3.8) is 0 Å². The Labute approximate surface area is 112 Å². The van der Waals surface area contributed by atoms with Gasteiger partial charge in [-0.2, -0.15) is 0 Å². The van der Waals surface area contributed by atoms with Crippen LogP contribution in [0.3, 0.4) is 0 Å². The largest absolute Gasteiger partial charge is 0.480 e. The maximum absolute atomic E-state index is 11.5. The Bertz CT molecular complexity index is 430. The number of carbonyl (C=O) groups is 2. The molecule has 0 heterocycles. The highest BCUT2D eigenvalue weighted by molar-refractivity contribution is 7.90. The molecule has 1 rings (SSSR count). The lowest BCUT2D eigenvalue weighted by Crippen LogP contribution is -2.48. The Morgan fingerprint density at radius 3 is 2.42 bits per heavy atom. The van der Waals surface area contributed by atoms with Gasteiger partial charge in [0.05, 0.1) is 5.75 Å². The van der Waals surface area contributed by atoms with Crippen molar-refractivity contribution in [2.45, 2.75) is 31.7 Å². The van der Waals surface area contributed by atoms with Gasteiger partial charge < -0.3 is 15.7 Å². The molecule has 1 fully saturated rings. The first-order valence-electron chi connectivity index (χ1n) is 6.23. The van der Waals surface area contributed by atoms with E-state index in [2.05, 4.69) is 10.6 Å². The molecular formula is C11H20N2O5S. The van der Waals surface area contributed by atoms with Crippen LogP contribution in [0.2, 0.25) is 0 Å². The van der Waals surface area contributed by atoms with Crippen LogP contribution in [-0.4, -0.2) is 50.1 Å². The molecule has 1 unspecified atom stereocenters. The third kappa shape index (κ3) is 6.42. The minimum atomic E-state index is -3.24. The summed E-state index contributed by atoms with van der Waals surface area (Å²) in [4.78, 5) is 22.4. The van der Waals surface area contributed by atoms with E-state index in [0.29, 0.717) is 12.5 Å². The number of amides is 2. The summed E-state index contributed by atoms with van der Waals surface area (Å²) in [6.45, 7) is 0.532. The Hall–Kier alpha value is -1.31. The summed E-state index contributed by atoms with van der Waals surface area (Å²) in [5.41, 5.74) is 0. The van der Waals surface area contributed by atoms with Crippen LogP contribution in [0.1, 0.15) is 25.7 Å². The molecule has 0 saturated heterocycles. The Balaban J connectivity index is 2.34. The minimum Gasteiger partial charge on any atom is -0.480 e. The van der Waals surface area contributed by atoms with Crippen LogP contribution >= 0.6 is 0 Å². The van der Waals surface area contributed by atoms with Gasteiger partial charge in [-0.05, 0) is 25.2 Å². The second-order valence-electron chi connectivity index (χ2n) is 4.96. The van der Waals surface area contributed by atoms with Gasteiger partial charge in [0, 0.05) is 12.8 Å². The standard InChI is InChI=1S/C11H20N2O5S/c1-19(17,18)6-5-9(10(14)15)13-11(16)12-7-8-3-2-4-8/h8-9H,2-7H2,1H3,(H,14,15)(H2,12,13,16). The summed E-state index contributed by atoms with van der Waals surface area (Å²) in [5, 5.41) is 13.8. The fourth-order valence-electron chi connectivity index (χ4n) is 1.73. The summed E-state index contributed by atoms with van der Waals surface area (Å²) in [5.74, 6) is -1.03. The van der Waals surface area contributed by atoms with E-state index in [-0.39, 0.29) is 12.2 Å². The molecule has 0 aromatic heterocycles. The molecule has 1 aliphatic carbocycles. The smallest absolute Gasteiger partial charge is 0.326 e. The van der Waals surface area contributed by atoms with Crippen molar-refractivity contribution < 1.29 is 23.1 Å². The van der Waals surface area contributed by atoms with Gasteiger partial charge in [0.2, 0.25) is 0 Å². The number of nitrogens with one attached hydrogen (secondary N) is 2. The number of carboxylic acid groups (broad SMARTS) is 1. The van der Waals surface area contributed by atoms with E-state index in [1.165, 1.54) is 6.42 Å². The van der Waals surface area contributed by atoms with Gasteiger partial charge in [-0.25, -0.2) is 18.0 Å². The zero-order valence-corrected chi connectivity index (χ0v) is 11.7. The number of urea groups is 1. The maximum Gasteiger partial charge on any atom is 0.326 e. The molecule has 8 heteroatoms. The van der Waals surface area contributed by atoms with Crippen molar-refractivity contribution in [2.24, 2.45) is 5.92 Å². The number of hydrogen-bond acceptors (Lipinski definition) is 4. The molecule has 1 saturated carbocycles. The molecule has 110 valence electrons. The Morgan fingerprint density at radius 1 is 1.37 bits per heavy atom. The SMILES string of the molecule is CS(=O)(=O)CCC(NC(=O)NCC1CCC1)C(=O)O. The molecular weight excluding hydrogens is 272 g/mol. The highest BCUT2D eigenvalue weighted by Crippen LogP contribution is 2.24. The van der Waals surface area contributed by atoms with E-state index in [1.54, 1.807) is 0 Å². The molecule has 7 nitrogen and oxygen atoms in total. The van der Waals surface area contributed by atoms with Gasteiger partial charge in [-0.1, -0.05) is 6.42 Å². The molecule has 0 bridgehead atoms. The van der Waals surface area contributed by atoms with Crippen LogP contribution in [0.5, 0.6) is 0 Å². The molecule has 0 spiro atoms. The lowest BCUT2D eigenvalue weighted by molar-refractivity contribution is -0.139. The van der Waals surface area contributed by atoms with Crippen LogP contribution in [0.4, 0.5) is 4.79 Å². The quantitative estimate of drug-likeness (QED) is 0.610. The predicted octanol–water partition coefficient (Wildman–Crippen LogP) is -0.0264. The molecule has 2 amide bonds. The van der Waals surface area contributed by atoms with E-state index in [1.807, 2.05) is 0 Å². The fourth-order valence-corrected chi connectivity index (χ4v) is 2.40. The van der Waals surface area contributed by atoms with E-state index in [0.717, 1.165) is 19.1 Å². The summed E-state index contributed by atoms with van der Waals surface area (Å²) >= 11 is 0. The highest BCUT2D eigenvalue weighted by atomic mass is 32.2. The van der Waals surface area contributed by atoms with Crippen molar-refractivity contribution in [3.8, 4) is 0 Å². The zero-order valence-electron chi connectivity index (χ0n) is 10.9. The minimum absolute atomic E-state index is 0.134. The third-order valence-electron chi connectivity index (χ3n) is 3.16. The summed E-state index contributed by atoms with van der Waals surface area (Å²) in [6.07, 6.45) is 4.22. The first-order valence-corrected chi connectivity index (χ1v) is 8.29. The molecule has 1 atom stereocenters. The average molecular weight is 292 g/mol. The molecule has 3 N–H and O–H groups in total. The van der Waals surface area contributed by atoms with E-state index < -0.39 is 27.9 Å². The predicted molar refractivity (Wildman–Crippen MR) is 69.6 cm³/mol. The number of rotatable bonds is 7. The van der Waals surface area contributed by atoms with Gasteiger partial charge >= 0.3 is 12.0 Å². The molecule has 1 aliphatic rings. The molecule has 0 aromatic rings. The van der Waals surface area contributed by atoms with Crippen molar-refractivity contribution >= 4 is 21.8 Å². The van der Waals surface area contributed by atoms with E-state index >= 15 is 0 Å². The number of aliphatic carboxylic acids is 1. The molecule has 19 heavy (non-hydrogen) atoms. The van der Waals surface area contributed by atoms with Crippen LogP contribution in [0.25, 0.3) is 0 Å². The molecule has 0 aliphatic heterocycles. The number of sulfone groups is 1. The molecule has 0 radical (unpaired) electrons. The topological polar surface area (TPSA) is 113 Å². The van der Waals surface area contributed by atoms with Crippen LogP contribution < -0.4 is 10.6 Å². The number of carboxylic acids is 1. The van der Waals surface area contributed by atoms with Crippen molar-refractivity contribution in [3.05, 3.63) is 0 Å². The first-order chi connectivity index (χ1) is 8.78. The highest BCUT2D eigenvalue weighted by Gasteiger charge is 2.23. The van der Waals surface area contributed by atoms with Crippen molar-refractivity contribution in [1.29, 1.82) is 0 Å². The second-order valence-corrected chi connectivity index (χ2v) is 7.22. The lowest BCUT2D eigenvalue weighted by atomic mass is 9.85. The fraction of sp³-hybridized carbons (Fsp3) is 0.818. The van der Waals surface area contributed by atoms with E-state index in [4.69, 9.17) is 5.11 Å². The van der Waals surface area contributed by atoms with Gasteiger partial charge in [0.25, 0.3) is 0 Å². The zero-order chi connectivity index (χ0) is 14.5. The number of carbonyl (C=O) groups excluding carboxylic acids is 1. The second kappa shape index (κ2) is 6.74. The van der Waals surface area contributed by atoms with Gasteiger partial charge in [0.1, 0.15) is 15.9 Å². The summed E-state index contributed by atoms with van der Waals surface area (Å²) in [6, 6.07) is -1.75. The monoisotopic (exact) mass is 292 g/mol. The lowest BCUT2D eigenvalue weighted by Gasteiger charge is -2.25. The van der Waals surface area contributed by atoms with Crippen LogP contribution in [-0.2, 0) is 14.6 Å². The third-order valence-corrected chi connectivity index (χ3v) is 4.13. The van der Waals surface area contributed by atoms with Crippen LogP contribution in [0, 0.1) is 5.92 Å². The average Bonchev–Trinajstić information content (AvgIpc) is 2.20. The van der Waals surface area contributed by atoms with E-state index in [9.17, 15) is 18.0 Å². The van der Waals surface area contributed by atoms with Crippen LogP contribution in [0.15, 0.2) is 0 Å². The summed E-state index contributed by atoms with van der Waals surface area (Å²) in [7, 11) is -3.24. The Kier molecular flexibility index (Phi) is 5.59. The van der Waals surface area contributed by atoms with Gasteiger partial charge in [0.15, 0.2) is 0 Å². The van der Waals surface area contributed by atoms with Gasteiger partial charge in [-0.3, -0.25) is 0 Å². The Morgan fingerprint density at radius 2 is 2.00 bits per heavy atom. The normalized spacial score (nSPS) is 17.3. The van der Waals surface area contributed by atoms with Crippen molar-refractivity contribution in [1.82, 2.24) is 10.6 Å². The number of hydrogen-bond donors (Lipinski definition) is 3. The first kappa shape index (κ1) is 15.7.